The molecule has 2 unspecified atom stereocenters. The van der Waals surface area contributed by atoms with E-state index in [1.54, 1.807) is 12.1 Å². The minimum absolute atomic E-state index is 0.240. The second-order valence-corrected chi connectivity index (χ2v) is 6.23. The molecule has 1 saturated carbocycles. The van der Waals surface area contributed by atoms with Crippen molar-refractivity contribution >= 4 is 11.6 Å². The lowest BCUT2D eigenvalue weighted by Gasteiger charge is -2.38. The summed E-state index contributed by atoms with van der Waals surface area (Å²) in [7, 11) is 0. The van der Waals surface area contributed by atoms with Crippen molar-refractivity contribution in [2.45, 2.75) is 46.1 Å². The maximum atomic E-state index is 5.88. The monoisotopic (exact) mass is 254 g/mol. The molecule has 1 aromatic rings. The molecule has 2 atom stereocenters. The van der Waals surface area contributed by atoms with E-state index < -0.39 is 0 Å². The van der Waals surface area contributed by atoms with E-state index in [0.29, 0.717) is 22.4 Å². The van der Waals surface area contributed by atoms with Gasteiger partial charge in [0.15, 0.2) is 5.15 Å². The molecule has 17 heavy (non-hydrogen) atoms. The van der Waals surface area contributed by atoms with E-state index >= 15 is 0 Å². The first-order chi connectivity index (χ1) is 7.94. The molecule has 2 rings (SSSR count). The highest BCUT2D eigenvalue weighted by atomic mass is 35.5. The van der Waals surface area contributed by atoms with Gasteiger partial charge in [0.2, 0.25) is 5.88 Å². The standard InChI is InChI=1S/C13H19ClN2O/c1-9-6-10(8-13(2,3)7-9)17-12-5-4-11(14)15-16-12/h4-5,9-10H,6-8H2,1-3H3. The van der Waals surface area contributed by atoms with E-state index in [1.807, 2.05) is 0 Å². The van der Waals surface area contributed by atoms with Gasteiger partial charge in [0.25, 0.3) is 0 Å². The minimum atomic E-state index is 0.240. The van der Waals surface area contributed by atoms with Gasteiger partial charge in [0, 0.05) is 6.07 Å². The largest absolute Gasteiger partial charge is 0.473 e. The normalized spacial score (nSPS) is 27.8. The molecule has 0 radical (unpaired) electrons. The third-order valence-corrected chi connectivity index (χ3v) is 3.44. The van der Waals surface area contributed by atoms with Crippen molar-refractivity contribution in [2.75, 3.05) is 0 Å². The lowest BCUT2D eigenvalue weighted by Crippen LogP contribution is -2.34. The van der Waals surface area contributed by atoms with Crippen molar-refractivity contribution in [1.29, 1.82) is 0 Å². The Morgan fingerprint density at radius 3 is 2.65 bits per heavy atom. The zero-order valence-corrected chi connectivity index (χ0v) is 11.4. The first kappa shape index (κ1) is 12.6. The first-order valence-corrected chi connectivity index (χ1v) is 6.48. The number of hydrogen-bond acceptors (Lipinski definition) is 3. The van der Waals surface area contributed by atoms with Gasteiger partial charge in [-0.25, -0.2) is 0 Å². The fraction of sp³-hybridized carbons (Fsp3) is 0.692. The number of nitrogens with zero attached hydrogens (tertiary/aromatic N) is 2. The van der Waals surface area contributed by atoms with Crippen molar-refractivity contribution in [3.05, 3.63) is 17.3 Å². The maximum absolute atomic E-state index is 5.88. The lowest BCUT2D eigenvalue weighted by atomic mass is 9.71. The van der Waals surface area contributed by atoms with Crippen LogP contribution in [0.5, 0.6) is 5.88 Å². The molecule has 1 fully saturated rings. The molecular weight excluding hydrogens is 236 g/mol. The summed E-state index contributed by atoms with van der Waals surface area (Å²) in [5, 5.41) is 8.13. The van der Waals surface area contributed by atoms with Gasteiger partial charge < -0.3 is 4.74 Å². The van der Waals surface area contributed by atoms with Crippen molar-refractivity contribution in [3.63, 3.8) is 0 Å². The molecule has 0 bridgehead atoms. The van der Waals surface area contributed by atoms with Gasteiger partial charge in [-0.05, 0) is 36.7 Å². The molecule has 0 spiro atoms. The number of halogens is 1. The predicted molar refractivity (Wildman–Crippen MR) is 68.3 cm³/mol. The van der Waals surface area contributed by atoms with E-state index in [9.17, 15) is 0 Å². The minimum Gasteiger partial charge on any atom is -0.473 e. The lowest BCUT2D eigenvalue weighted by molar-refractivity contribution is 0.0526. The number of aromatic nitrogens is 2. The summed E-state index contributed by atoms with van der Waals surface area (Å²) >= 11 is 5.69. The van der Waals surface area contributed by atoms with Gasteiger partial charge in [-0.1, -0.05) is 32.4 Å². The van der Waals surface area contributed by atoms with Gasteiger partial charge in [-0.15, -0.1) is 10.2 Å². The average Bonchev–Trinajstić information content (AvgIpc) is 2.18. The van der Waals surface area contributed by atoms with Crippen LogP contribution in [0.25, 0.3) is 0 Å². The number of hydrogen-bond donors (Lipinski definition) is 0. The van der Waals surface area contributed by atoms with Crippen molar-refractivity contribution in [3.8, 4) is 5.88 Å². The van der Waals surface area contributed by atoms with Gasteiger partial charge >= 0.3 is 0 Å². The Labute approximate surface area is 108 Å². The van der Waals surface area contributed by atoms with Crippen LogP contribution >= 0.6 is 11.6 Å². The van der Waals surface area contributed by atoms with Crippen LogP contribution in [0.4, 0.5) is 0 Å². The van der Waals surface area contributed by atoms with E-state index in [0.717, 1.165) is 12.8 Å². The van der Waals surface area contributed by atoms with Crippen LogP contribution < -0.4 is 4.74 Å². The number of ether oxygens (including phenoxy) is 1. The van der Waals surface area contributed by atoms with Crippen LogP contribution in [0, 0.1) is 11.3 Å². The Hall–Kier alpha value is -0.830. The molecule has 0 aliphatic heterocycles. The van der Waals surface area contributed by atoms with E-state index in [4.69, 9.17) is 16.3 Å². The molecule has 0 N–H and O–H groups in total. The summed E-state index contributed by atoms with van der Waals surface area (Å²) in [5.41, 5.74) is 0.349. The molecule has 3 nitrogen and oxygen atoms in total. The molecule has 1 aromatic heterocycles. The average molecular weight is 255 g/mol. The van der Waals surface area contributed by atoms with E-state index in [-0.39, 0.29) is 6.10 Å². The van der Waals surface area contributed by atoms with Gasteiger partial charge in [0.05, 0.1) is 0 Å². The Bertz CT molecular complexity index is 378. The third kappa shape index (κ3) is 3.56. The summed E-state index contributed by atoms with van der Waals surface area (Å²) in [6.45, 7) is 6.88. The van der Waals surface area contributed by atoms with Crippen molar-refractivity contribution < 1.29 is 4.74 Å². The van der Waals surface area contributed by atoms with Crippen LogP contribution in [0.15, 0.2) is 12.1 Å². The second-order valence-electron chi connectivity index (χ2n) is 5.85. The first-order valence-electron chi connectivity index (χ1n) is 6.10. The SMILES string of the molecule is CC1CC(Oc2ccc(Cl)nn2)CC(C)(C)C1. The van der Waals surface area contributed by atoms with Crippen molar-refractivity contribution in [1.82, 2.24) is 10.2 Å². The fourth-order valence-electron chi connectivity index (χ4n) is 2.89. The third-order valence-electron chi connectivity index (χ3n) is 3.24. The summed E-state index contributed by atoms with van der Waals surface area (Å²) in [6, 6.07) is 3.49. The maximum Gasteiger partial charge on any atom is 0.233 e. The topological polar surface area (TPSA) is 35.0 Å². The molecule has 94 valence electrons. The van der Waals surface area contributed by atoms with Crippen LogP contribution in [-0.4, -0.2) is 16.3 Å². The van der Waals surface area contributed by atoms with E-state index in [2.05, 4.69) is 31.0 Å². The van der Waals surface area contributed by atoms with E-state index in [1.165, 1.54) is 6.42 Å². The van der Waals surface area contributed by atoms with Gasteiger partial charge in [-0.3, -0.25) is 0 Å². The molecular formula is C13H19ClN2O. The highest BCUT2D eigenvalue weighted by Gasteiger charge is 2.33. The summed E-state index contributed by atoms with van der Waals surface area (Å²) < 4.78 is 5.88. The molecule has 1 heterocycles. The van der Waals surface area contributed by atoms with Crippen molar-refractivity contribution in [2.24, 2.45) is 11.3 Å². The molecule has 0 saturated heterocycles. The molecule has 1 aliphatic rings. The highest BCUT2D eigenvalue weighted by Crippen LogP contribution is 2.39. The molecule has 0 aromatic carbocycles. The molecule has 0 amide bonds. The van der Waals surface area contributed by atoms with Crippen LogP contribution in [0.1, 0.15) is 40.0 Å². The quantitative estimate of drug-likeness (QED) is 0.807. The Morgan fingerprint density at radius 1 is 1.29 bits per heavy atom. The summed E-state index contributed by atoms with van der Waals surface area (Å²) in [5.74, 6) is 1.27. The Morgan fingerprint density at radius 2 is 2.06 bits per heavy atom. The van der Waals surface area contributed by atoms with Crippen LogP contribution in [-0.2, 0) is 0 Å². The zero-order chi connectivity index (χ0) is 12.5. The van der Waals surface area contributed by atoms with Crippen LogP contribution in [0.3, 0.4) is 0 Å². The predicted octanol–water partition coefficient (Wildman–Crippen LogP) is 3.72. The second kappa shape index (κ2) is 4.81. The zero-order valence-electron chi connectivity index (χ0n) is 10.6. The Balaban J connectivity index is 2.01. The van der Waals surface area contributed by atoms with Gasteiger partial charge in [-0.2, -0.15) is 0 Å². The summed E-state index contributed by atoms with van der Waals surface area (Å²) in [4.78, 5) is 0. The Kier molecular flexibility index (Phi) is 3.57. The summed E-state index contributed by atoms with van der Waals surface area (Å²) in [6.07, 6.45) is 3.67. The number of rotatable bonds is 2. The van der Waals surface area contributed by atoms with Crippen LogP contribution in [0.2, 0.25) is 5.15 Å². The smallest absolute Gasteiger partial charge is 0.233 e. The van der Waals surface area contributed by atoms with Gasteiger partial charge in [0.1, 0.15) is 6.10 Å². The fourth-order valence-corrected chi connectivity index (χ4v) is 2.99. The molecule has 4 heteroatoms. The highest BCUT2D eigenvalue weighted by molar-refractivity contribution is 6.29. The molecule has 1 aliphatic carbocycles.